The molecule has 1 amide bonds. The number of piperidine rings is 1. The first-order valence-corrected chi connectivity index (χ1v) is 12.9. The van der Waals surface area contributed by atoms with Crippen molar-refractivity contribution < 1.29 is 14.3 Å². The van der Waals surface area contributed by atoms with Crippen LogP contribution in [0.3, 0.4) is 0 Å². The molecule has 0 saturated carbocycles. The van der Waals surface area contributed by atoms with E-state index in [0.29, 0.717) is 71.8 Å². The van der Waals surface area contributed by atoms with Crippen molar-refractivity contribution in [1.82, 2.24) is 9.47 Å². The van der Waals surface area contributed by atoms with Gasteiger partial charge in [-0.2, -0.15) is 5.26 Å². The van der Waals surface area contributed by atoms with Crippen LogP contribution < -0.4 is 10.5 Å². The third-order valence-corrected chi connectivity index (χ3v) is 7.55. The SMILES string of the molecule is CCCN1C(=O)/C(=C\c2c(C)c(C#N)c(=O)n(CC)c2N2CCC(C(=O)OCC)CC2)SC1=S. The van der Waals surface area contributed by atoms with Crippen molar-refractivity contribution in [2.24, 2.45) is 5.92 Å². The van der Waals surface area contributed by atoms with Crippen molar-refractivity contribution in [3.63, 3.8) is 0 Å². The van der Waals surface area contributed by atoms with Crippen molar-refractivity contribution >= 4 is 52.1 Å². The van der Waals surface area contributed by atoms with E-state index in [0.717, 1.165) is 6.42 Å². The standard InChI is InChI=1S/C24H30N4O4S2/c1-5-10-28-22(30)19(34-24(28)33)13-17-15(4)18(14-25)21(29)27(6-2)20(17)26-11-8-16(9-12-26)23(31)32-7-3/h13,16H,5-12H2,1-4H3/b19-13+. The van der Waals surface area contributed by atoms with Gasteiger partial charge in [0.15, 0.2) is 0 Å². The smallest absolute Gasteiger partial charge is 0.309 e. The first-order valence-electron chi connectivity index (χ1n) is 11.6. The summed E-state index contributed by atoms with van der Waals surface area (Å²) in [5.74, 6) is 0.153. The van der Waals surface area contributed by atoms with E-state index in [9.17, 15) is 19.6 Å². The van der Waals surface area contributed by atoms with Gasteiger partial charge in [-0.25, -0.2) is 0 Å². The Hall–Kier alpha value is -2.64. The zero-order valence-corrected chi connectivity index (χ0v) is 21.7. The highest BCUT2D eigenvalue weighted by Crippen LogP contribution is 2.36. The van der Waals surface area contributed by atoms with Gasteiger partial charge >= 0.3 is 5.97 Å². The highest BCUT2D eigenvalue weighted by atomic mass is 32.2. The van der Waals surface area contributed by atoms with Gasteiger partial charge < -0.3 is 9.64 Å². The number of carbonyl (C=O) groups is 2. The van der Waals surface area contributed by atoms with E-state index in [2.05, 4.69) is 4.90 Å². The number of hydrogen-bond donors (Lipinski definition) is 0. The third kappa shape index (κ3) is 4.91. The lowest BCUT2D eigenvalue weighted by molar-refractivity contribution is -0.148. The second-order valence-corrected chi connectivity index (χ2v) is 9.92. The molecule has 34 heavy (non-hydrogen) atoms. The lowest BCUT2D eigenvalue weighted by Crippen LogP contribution is -2.41. The van der Waals surface area contributed by atoms with E-state index in [1.54, 1.807) is 29.4 Å². The quantitative estimate of drug-likeness (QED) is 0.318. The van der Waals surface area contributed by atoms with Crippen LogP contribution in [0, 0.1) is 24.2 Å². The summed E-state index contributed by atoms with van der Waals surface area (Å²) < 4.78 is 7.29. The summed E-state index contributed by atoms with van der Waals surface area (Å²) in [7, 11) is 0. The summed E-state index contributed by atoms with van der Waals surface area (Å²) >= 11 is 6.65. The number of hydrogen-bond acceptors (Lipinski definition) is 8. The number of nitrogens with zero attached hydrogens (tertiary/aromatic N) is 4. The Morgan fingerprint density at radius 3 is 2.50 bits per heavy atom. The predicted octanol–water partition coefficient (Wildman–Crippen LogP) is 3.44. The molecule has 0 radical (unpaired) electrons. The molecule has 0 aliphatic carbocycles. The lowest BCUT2D eigenvalue weighted by Gasteiger charge is -2.35. The Morgan fingerprint density at radius 2 is 1.94 bits per heavy atom. The molecule has 2 aliphatic rings. The fourth-order valence-corrected chi connectivity index (χ4v) is 5.70. The normalized spacial score (nSPS) is 18.0. The Bertz CT molecular complexity index is 1130. The molecule has 0 atom stereocenters. The highest BCUT2D eigenvalue weighted by Gasteiger charge is 2.34. The number of thioether (sulfide) groups is 1. The Kier molecular flexibility index (Phi) is 8.55. The molecule has 0 N–H and O–H groups in total. The van der Waals surface area contributed by atoms with Crippen molar-refractivity contribution in [3.05, 3.63) is 31.9 Å². The lowest BCUT2D eigenvalue weighted by atomic mass is 9.95. The van der Waals surface area contributed by atoms with Crippen LogP contribution in [0.15, 0.2) is 9.70 Å². The number of thiocarbonyl (C=S) groups is 1. The van der Waals surface area contributed by atoms with Gasteiger partial charge in [-0.3, -0.25) is 23.9 Å². The number of nitriles is 1. The van der Waals surface area contributed by atoms with E-state index in [1.807, 2.05) is 19.9 Å². The molecule has 0 unspecified atom stereocenters. The zero-order chi connectivity index (χ0) is 25.0. The zero-order valence-electron chi connectivity index (χ0n) is 20.0. The minimum atomic E-state index is -0.347. The first-order chi connectivity index (χ1) is 16.3. The van der Waals surface area contributed by atoms with Crippen LogP contribution in [0.1, 0.15) is 56.7 Å². The van der Waals surface area contributed by atoms with E-state index in [-0.39, 0.29) is 28.9 Å². The average Bonchev–Trinajstić information content (AvgIpc) is 3.09. The fraction of sp³-hybridized carbons (Fsp3) is 0.542. The predicted molar refractivity (Wildman–Crippen MR) is 138 cm³/mol. The molecule has 10 heteroatoms. The summed E-state index contributed by atoms with van der Waals surface area (Å²) in [5.41, 5.74) is 0.938. The molecule has 1 aromatic rings. The van der Waals surface area contributed by atoms with Crippen LogP contribution >= 0.6 is 24.0 Å². The largest absolute Gasteiger partial charge is 0.466 e. The molecule has 2 saturated heterocycles. The molecule has 2 aliphatic heterocycles. The number of rotatable bonds is 7. The molecule has 182 valence electrons. The van der Waals surface area contributed by atoms with Gasteiger partial charge in [0, 0.05) is 31.7 Å². The molecule has 0 aromatic carbocycles. The number of esters is 1. The Labute approximate surface area is 209 Å². The maximum atomic E-state index is 13.1. The summed E-state index contributed by atoms with van der Waals surface area (Å²) in [6, 6.07) is 2.05. The van der Waals surface area contributed by atoms with E-state index in [1.165, 1.54) is 11.8 Å². The maximum Gasteiger partial charge on any atom is 0.309 e. The molecular weight excluding hydrogens is 472 g/mol. The van der Waals surface area contributed by atoms with Gasteiger partial charge in [0.1, 0.15) is 21.8 Å². The van der Waals surface area contributed by atoms with Gasteiger partial charge in [-0.05, 0) is 51.7 Å². The number of carbonyl (C=O) groups excluding carboxylic acids is 2. The van der Waals surface area contributed by atoms with Crippen molar-refractivity contribution in [2.45, 2.75) is 53.5 Å². The summed E-state index contributed by atoms with van der Waals surface area (Å²) in [5, 5.41) is 9.71. The van der Waals surface area contributed by atoms with Gasteiger partial charge in [-0.15, -0.1) is 0 Å². The number of aromatic nitrogens is 1. The van der Waals surface area contributed by atoms with Crippen LogP contribution in [0.25, 0.3) is 6.08 Å². The third-order valence-electron chi connectivity index (χ3n) is 6.17. The molecule has 8 nitrogen and oxygen atoms in total. The molecular formula is C24H30N4O4S2. The highest BCUT2D eigenvalue weighted by molar-refractivity contribution is 8.26. The van der Waals surface area contributed by atoms with Gasteiger partial charge in [-0.1, -0.05) is 30.9 Å². The van der Waals surface area contributed by atoms with Crippen molar-refractivity contribution in [1.29, 1.82) is 5.26 Å². The molecule has 0 spiro atoms. The molecule has 1 aromatic heterocycles. The van der Waals surface area contributed by atoms with Crippen LogP contribution in [0.4, 0.5) is 5.82 Å². The molecule has 0 bridgehead atoms. The summed E-state index contributed by atoms with van der Waals surface area (Å²) in [6.45, 7) is 9.78. The fourth-order valence-electron chi connectivity index (χ4n) is 4.41. The monoisotopic (exact) mass is 502 g/mol. The number of amides is 1. The Balaban J connectivity index is 2.09. The average molecular weight is 503 g/mol. The van der Waals surface area contributed by atoms with E-state index < -0.39 is 0 Å². The molecule has 3 heterocycles. The second kappa shape index (κ2) is 11.2. The minimum Gasteiger partial charge on any atom is -0.466 e. The van der Waals surface area contributed by atoms with Crippen LogP contribution in [-0.2, 0) is 20.9 Å². The summed E-state index contributed by atoms with van der Waals surface area (Å²) in [6.07, 6.45) is 3.77. The number of ether oxygens (including phenoxy) is 1. The second-order valence-electron chi connectivity index (χ2n) is 8.25. The Morgan fingerprint density at radius 1 is 1.26 bits per heavy atom. The minimum absolute atomic E-state index is 0.0716. The summed E-state index contributed by atoms with van der Waals surface area (Å²) in [4.78, 5) is 42.5. The van der Waals surface area contributed by atoms with Crippen LogP contribution in [0.5, 0.6) is 0 Å². The van der Waals surface area contributed by atoms with Crippen LogP contribution in [0.2, 0.25) is 0 Å². The van der Waals surface area contributed by atoms with Crippen molar-refractivity contribution in [3.8, 4) is 6.07 Å². The molecule has 3 rings (SSSR count). The maximum absolute atomic E-state index is 13.1. The van der Waals surface area contributed by atoms with E-state index in [4.69, 9.17) is 17.0 Å². The topological polar surface area (TPSA) is 95.6 Å². The molecule has 2 fully saturated rings. The van der Waals surface area contributed by atoms with Crippen molar-refractivity contribution in [2.75, 3.05) is 31.1 Å². The van der Waals surface area contributed by atoms with E-state index >= 15 is 0 Å². The number of pyridine rings is 1. The number of anilines is 1. The van der Waals surface area contributed by atoms with Crippen LogP contribution in [-0.4, -0.2) is 51.9 Å². The van der Waals surface area contributed by atoms with Gasteiger partial charge in [0.05, 0.1) is 17.4 Å². The first kappa shape index (κ1) is 26.0. The van der Waals surface area contributed by atoms with Gasteiger partial charge in [0.25, 0.3) is 11.5 Å². The van der Waals surface area contributed by atoms with Gasteiger partial charge in [0.2, 0.25) is 0 Å².